The average Bonchev–Trinajstić information content (AvgIpc) is 2.33. The van der Waals surface area contributed by atoms with Crippen LogP contribution in [0.25, 0.3) is 0 Å². The molecule has 0 atom stereocenters. The second kappa shape index (κ2) is 7.54. The maximum atomic E-state index is 11.3. The minimum Gasteiger partial charge on any atom is -0.396 e. The molecule has 0 aromatic heterocycles. The minimum absolute atomic E-state index is 0.0685. The fourth-order valence-corrected chi connectivity index (χ4v) is 2.44. The highest BCUT2D eigenvalue weighted by atomic mass is 79.9. The number of rotatable bonds is 7. The summed E-state index contributed by atoms with van der Waals surface area (Å²) in [5.41, 5.74) is 1.81. The number of hydrogen-bond acceptors (Lipinski definition) is 3. The first kappa shape index (κ1) is 15.2. The topological polar surface area (TPSA) is 40.5 Å². The number of Topliss-reactive ketones (excluding diaryl/α,β-unsaturated/α-hetero) is 1. The Hall–Kier alpha value is -0.870. The number of benzene rings is 1. The van der Waals surface area contributed by atoms with Crippen LogP contribution in [0.15, 0.2) is 22.7 Å². The van der Waals surface area contributed by atoms with E-state index in [-0.39, 0.29) is 12.4 Å². The zero-order valence-corrected chi connectivity index (χ0v) is 12.5. The van der Waals surface area contributed by atoms with Gasteiger partial charge in [0.25, 0.3) is 0 Å². The first-order chi connectivity index (χ1) is 8.56. The number of aliphatic hydroxyl groups is 1. The van der Waals surface area contributed by atoms with E-state index in [1.165, 1.54) is 0 Å². The molecule has 0 saturated heterocycles. The summed E-state index contributed by atoms with van der Waals surface area (Å²) in [4.78, 5) is 13.5. The van der Waals surface area contributed by atoms with Gasteiger partial charge in [0.15, 0.2) is 5.78 Å². The van der Waals surface area contributed by atoms with E-state index in [0.29, 0.717) is 5.56 Å². The normalized spacial score (nSPS) is 10.4. The van der Waals surface area contributed by atoms with Gasteiger partial charge in [-0.15, -0.1) is 0 Å². The van der Waals surface area contributed by atoms with Crippen LogP contribution in [-0.4, -0.2) is 31.1 Å². The summed E-state index contributed by atoms with van der Waals surface area (Å²) in [6.45, 7) is 2.78. The molecule has 0 unspecified atom stereocenters. The van der Waals surface area contributed by atoms with Crippen LogP contribution in [0, 0.1) is 0 Å². The molecule has 4 heteroatoms. The Bertz CT molecular complexity index is 407. The number of unbranched alkanes of at least 4 members (excludes halogenated alkanes) is 2. The Morgan fingerprint density at radius 3 is 2.61 bits per heavy atom. The number of nitrogens with zero attached hydrogens (tertiary/aromatic N) is 1. The summed E-state index contributed by atoms with van der Waals surface area (Å²) in [7, 11) is 2.04. The summed E-state index contributed by atoms with van der Waals surface area (Å²) >= 11 is 3.43. The molecular weight excluding hydrogens is 294 g/mol. The zero-order chi connectivity index (χ0) is 13.5. The van der Waals surface area contributed by atoms with Gasteiger partial charge >= 0.3 is 0 Å². The monoisotopic (exact) mass is 313 g/mol. The van der Waals surface area contributed by atoms with Crippen LogP contribution in [0.2, 0.25) is 0 Å². The molecule has 0 fully saturated rings. The molecule has 0 aliphatic carbocycles. The van der Waals surface area contributed by atoms with E-state index in [2.05, 4.69) is 20.8 Å². The van der Waals surface area contributed by atoms with Crippen LogP contribution in [0.5, 0.6) is 0 Å². The van der Waals surface area contributed by atoms with Crippen molar-refractivity contribution in [2.24, 2.45) is 0 Å². The lowest BCUT2D eigenvalue weighted by atomic mass is 10.1. The number of ketones is 1. The second-order valence-electron chi connectivity index (χ2n) is 4.43. The highest BCUT2D eigenvalue weighted by Crippen LogP contribution is 2.24. The van der Waals surface area contributed by atoms with Crippen LogP contribution in [-0.2, 0) is 0 Å². The van der Waals surface area contributed by atoms with Gasteiger partial charge in [0.05, 0.1) is 0 Å². The number of halogens is 1. The third-order valence-corrected chi connectivity index (χ3v) is 3.58. The number of aliphatic hydroxyl groups excluding tert-OH is 1. The van der Waals surface area contributed by atoms with Gasteiger partial charge in [-0.05, 0) is 60.3 Å². The highest BCUT2D eigenvalue weighted by molar-refractivity contribution is 9.10. The zero-order valence-electron chi connectivity index (χ0n) is 10.9. The van der Waals surface area contributed by atoms with E-state index in [1.807, 2.05) is 25.2 Å². The van der Waals surface area contributed by atoms with Gasteiger partial charge < -0.3 is 10.0 Å². The van der Waals surface area contributed by atoms with Crippen LogP contribution >= 0.6 is 15.9 Å². The molecule has 0 spiro atoms. The summed E-state index contributed by atoms with van der Waals surface area (Å²) in [5.74, 6) is 0.0685. The van der Waals surface area contributed by atoms with Crippen molar-refractivity contribution in [3.05, 3.63) is 28.2 Å². The van der Waals surface area contributed by atoms with E-state index < -0.39 is 0 Å². The standard InChI is InChI=1S/C14H20BrNO2/c1-11(18)13-7-6-12(10-14(13)15)16(2)8-4-3-5-9-17/h6-7,10,17H,3-5,8-9H2,1-2H3. The molecule has 1 N–H and O–H groups in total. The predicted molar refractivity (Wildman–Crippen MR) is 78.4 cm³/mol. The number of anilines is 1. The Morgan fingerprint density at radius 1 is 1.33 bits per heavy atom. The molecule has 0 heterocycles. The quantitative estimate of drug-likeness (QED) is 0.620. The third-order valence-electron chi connectivity index (χ3n) is 2.92. The third kappa shape index (κ3) is 4.42. The Balaban J connectivity index is 2.61. The highest BCUT2D eigenvalue weighted by Gasteiger charge is 2.08. The van der Waals surface area contributed by atoms with E-state index in [0.717, 1.165) is 36.0 Å². The molecule has 1 rings (SSSR count). The van der Waals surface area contributed by atoms with Gasteiger partial charge in [0.2, 0.25) is 0 Å². The number of hydrogen-bond donors (Lipinski definition) is 1. The predicted octanol–water partition coefficient (Wildman–Crippen LogP) is 3.25. The second-order valence-corrected chi connectivity index (χ2v) is 5.28. The van der Waals surface area contributed by atoms with E-state index in [4.69, 9.17) is 5.11 Å². The van der Waals surface area contributed by atoms with E-state index in [1.54, 1.807) is 6.92 Å². The van der Waals surface area contributed by atoms with Crippen molar-refractivity contribution >= 4 is 27.4 Å². The van der Waals surface area contributed by atoms with E-state index >= 15 is 0 Å². The molecule has 1 aromatic carbocycles. The van der Waals surface area contributed by atoms with Gasteiger partial charge in [-0.1, -0.05) is 0 Å². The van der Waals surface area contributed by atoms with Gasteiger partial charge in [-0.3, -0.25) is 4.79 Å². The van der Waals surface area contributed by atoms with E-state index in [9.17, 15) is 4.79 Å². The first-order valence-electron chi connectivity index (χ1n) is 6.18. The molecule has 3 nitrogen and oxygen atoms in total. The Morgan fingerprint density at radius 2 is 2.06 bits per heavy atom. The van der Waals surface area contributed by atoms with Crippen LogP contribution < -0.4 is 4.90 Å². The summed E-state index contributed by atoms with van der Waals surface area (Å²) in [5, 5.41) is 8.72. The van der Waals surface area contributed by atoms with Gasteiger partial charge in [-0.25, -0.2) is 0 Å². The van der Waals surface area contributed by atoms with Crippen molar-refractivity contribution in [2.75, 3.05) is 25.1 Å². The van der Waals surface area contributed by atoms with Gasteiger partial charge in [-0.2, -0.15) is 0 Å². The maximum absolute atomic E-state index is 11.3. The van der Waals surface area contributed by atoms with Crippen molar-refractivity contribution in [1.29, 1.82) is 0 Å². The first-order valence-corrected chi connectivity index (χ1v) is 6.98. The van der Waals surface area contributed by atoms with Crippen LogP contribution in [0.3, 0.4) is 0 Å². The van der Waals surface area contributed by atoms with Gasteiger partial charge in [0.1, 0.15) is 0 Å². The van der Waals surface area contributed by atoms with Crippen LogP contribution in [0.4, 0.5) is 5.69 Å². The molecule has 0 amide bonds. The molecule has 100 valence electrons. The summed E-state index contributed by atoms with van der Waals surface area (Å²) < 4.78 is 0.842. The van der Waals surface area contributed by atoms with Crippen molar-refractivity contribution < 1.29 is 9.90 Å². The lowest BCUT2D eigenvalue weighted by Crippen LogP contribution is -2.18. The fraction of sp³-hybridized carbons (Fsp3) is 0.500. The lowest BCUT2D eigenvalue weighted by Gasteiger charge is -2.20. The molecule has 1 aromatic rings. The van der Waals surface area contributed by atoms with Crippen molar-refractivity contribution in [2.45, 2.75) is 26.2 Å². The molecule has 0 bridgehead atoms. The molecular formula is C14H20BrNO2. The average molecular weight is 314 g/mol. The van der Waals surface area contributed by atoms with Crippen molar-refractivity contribution in [1.82, 2.24) is 0 Å². The SMILES string of the molecule is CC(=O)c1ccc(N(C)CCCCCO)cc1Br. The minimum atomic E-state index is 0.0685. The largest absolute Gasteiger partial charge is 0.396 e. The summed E-state index contributed by atoms with van der Waals surface area (Å²) in [6.07, 6.45) is 2.96. The summed E-state index contributed by atoms with van der Waals surface area (Å²) in [6, 6.07) is 5.79. The smallest absolute Gasteiger partial charge is 0.160 e. The molecule has 18 heavy (non-hydrogen) atoms. The molecule has 0 aliphatic heterocycles. The number of carbonyl (C=O) groups excluding carboxylic acids is 1. The van der Waals surface area contributed by atoms with Crippen molar-refractivity contribution in [3.8, 4) is 0 Å². The number of carbonyl (C=O) groups is 1. The van der Waals surface area contributed by atoms with Crippen molar-refractivity contribution in [3.63, 3.8) is 0 Å². The Labute approximate surface area is 117 Å². The molecule has 0 saturated carbocycles. The lowest BCUT2D eigenvalue weighted by molar-refractivity contribution is 0.101. The molecule has 0 aliphatic rings. The maximum Gasteiger partial charge on any atom is 0.160 e. The molecule has 0 radical (unpaired) electrons. The Kier molecular flexibility index (Phi) is 6.36. The fourth-order valence-electron chi connectivity index (χ4n) is 1.79. The van der Waals surface area contributed by atoms with Crippen LogP contribution in [0.1, 0.15) is 36.5 Å². The van der Waals surface area contributed by atoms with Gasteiger partial charge in [0, 0.05) is 35.9 Å².